The smallest absolute Gasteiger partial charge is 0.121 e. The Bertz CT molecular complexity index is 199. The Kier molecular flexibility index (Phi) is 2.26. The Balaban J connectivity index is 2.63. The summed E-state index contributed by atoms with van der Waals surface area (Å²) < 4.78 is 0. The zero-order chi connectivity index (χ0) is 7.40. The first-order chi connectivity index (χ1) is 4.86. The fourth-order valence-corrected chi connectivity index (χ4v) is 0.831. The van der Waals surface area contributed by atoms with Gasteiger partial charge in [0.15, 0.2) is 0 Å². The number of nitrogens with zero attached hydrogens (tertiary/aromatic N) is 1. The van der Waals surface area contributed by atoms with Crippen LogP contribution >= 0.6 is 0 Å². The average Bonchev–Trinajstić information content (AvgIpc) is 2.05. The van der Waals surface area contributed by atoms with Crippen molar-refractivity contribution in [1.82, 2.24) is 5.32 Å². The summed E-state index contributed by atoms with van der Waals surface area (Å²) in [5.41, 5.74) is 1.28. The van der Waals surface area contributed by atoms with Gasteiger partial charge in [0.25, 0.3) is 0 Å². The molecule has 0 saturated carbocycles. The van der Waals surface area contributed by atoms with Crippen LogP contribution in [0.15, 0.2) is 28.5 Å². The molecule has 0 aromatic heterocycles. The van der Waals surface area contributed by atoms with Gasteiger partial charge in [-0.3, -0.25) is 0 Å². The van der Waals surface area contributed by atoms with Crippen LogP contribution in [0.2, 0.25) is 0 Å². The maximum Gasteiger partial charge on any atom is 0.121 e. The van der Waals surface area contributed by atoms with Gasteiger partial charge in [0, 0.05) is 13.3 Å². The van der Waals surface area contributed by atoms with Crippen molar-refractivity contribution in [2.24, 2.45) is 4.99 Å². The lowest BCUT2D eigenvalue weighted by Gasteiger charge is -2.06. The molecule has 0 unspecified atom stereocenters. The quantitative estimate of drug-likeness (QED) is 0.580. The van der Waals surface area contributed by atoms with E-state index in [0.29, 0.717) is 0 Å². The predicted molar refractivity (Wildman–Crippen MR) is 44.0 cm³/mol. The van der Waals surface area contributed by atoms with Gasteiger partial charge in [-0.15, -0.1) is 0 Å². The molecular weight excluding hydrogens is 124 g/mol. The number of hydrogen-bond acceptors (Lipinski definition) is 2. The average molecular weight is 136 g/mol. The van der Waals surface area contributed by atoms with Crippen LogP contribution in [0.1, 0.15) is 13.3 Å². The minimum atomic E-state index is 0.964. The minimum Gasteiger partial charge on any atom is -0.373 e. The molecule has 0 saturated heterocycles. The van der Waals surface area contributed by atoms with Crippen molar-refractivity contribution in [3.8, 4) is 0 Å². The summed E-state index contributed by atoms with van der Waals surface area (Å²) in [7, 11) is 1.88. The molecule has 0 spiro atoms. The summed E-state index contributed by atoms with van der Waals surface area (Å²) >= 11 is 0. The van der Waals surface area contributed by atoms with Crippen molar-refractivity contribution < 1.29 is 0 Å². The molecule has 0 fully saturated rings. The SMILES string of the molecule is C/C=C1/C=NC(NC)=CC1. The van der Waals surface area contributed by atoms with Crippen molar-refractivity contribution in [2.75, 3.05) is 7.05 Å². The van der Waals surface area contributed by atoms with Crippen LogP contribution in [0.5, 0.6) is 0 Å². The van der Waals surface area contributed by atoms with E-state index < -0.39 is 0 Å². The molecule has 0 bridgehead atoms. The van der Waals surface area contributed by atoms with E-state index in [2.05, 4.69) is 22.5 Å². The Morgan fingerprint density at radius 1 is 1.70 bits per heavy atom. The monoisotopic (exact) mass is 136 g/mol. The second-order valence-corrected chi connectivity index (χ2v) is 2.17. The lowest BCUT2D eigenvalue weighted by molar-refractivity contribution is 0.942. The molecule has 1 heterocycles. The van der Waals surface area contributed by atoms with Crippen LogP contribution in [0.25, 0.3) is 0 Å². The van der Waals surface area contributed by atoms with Crippen LogP contribution in [0.4, 0.5) is 0 Å². The van der Waals surface area contributed by atoms with E-state index in [4.69, 9.17) is 0 Å². The number of allylic oxidation sites excluding steroid dienone is 3. The molecule has 0 aromatic rings. The van der Waals surface area contributed by atoms with Crippen LogP contribution in [0, 0.1) is 0 Å². The minimum absolute atomic E-state index is 0.964. The fourth-order valence-electron chi connectivity index (χ4n) is 0.831. The third kappa shape index (κ3) is 1.47. The Hall–Kier alpha value is -1.05. The van der Waals surface area contributed by atoms with Crippen molar-refractivity contribution >= 4 is 6.21 Å². The molecule has 2 heteroatoms. The molecule has 1 N–H and O–H groups in total. The Morgan fingerprint density at radius 2 is 2.50 bits per heavy atom. The second-order valence-electron chi connectivity index (χ2n) is 2.17. The van der Waals surface area contributed by atoms with Crippen molar-refractivity contribution in [3.63, 3.8) is 0 Å². The van der Waals surface area contributed by atoms with E-state index in [1.54, 1.807) is 0 Å². The maximum absolute atomic E-state index is 4.16. The van der Waals surface area contributed by atoms with Gasteiger partial charge in [-0.25, -0.2) is 4.99 Å². The first kappa shape index (κ1) is 7.06. The predicted octanol–water partition coefficient (Wildman–Crippen LogP) is 1.47. The number of aliphatic imine (C=N–C) groups is 1. The van der Waals surface area contributed by atoms with Crippen LogP contribution < -0.4 is 5.32 Å². The third-order valence-electron chi connectivity index (χ3n) is 1.53. The van der Waals surface area contributed by atoms with E-state index >= 15 is 0 Å². The van der Waals surface area contributed by atoms with E-state index in [0.717, 1.165) is 12.2 Å². The third-order valence-corrected chi connectivity index (χ3v) is 1.53. The van der Waals surface area contributed by atoms with Crippen LogP contribution in [0.3, 0.4) is 0 Å². The Morgan fingerprint density at radius 3 is 2.90 bits per heavy atom. The molecule has 0 aromatic carbocycles. The first-order valence-electron chi connectivity index (χ1n) is 3.44. The topological polar surface area (TPSA) is 24.4 Å². The zero-order valence-corrected chi connectivity index (χ0v) is 6.39. The molecule has 0 amide bonds. The summed E-state index contributed by atoms with van der Waals surface area (Å²) in [4.78, 5) is 4.16. The van der Waals surface area contributed by atoms with Gasteiger partial charge in [-0.2, -0.15) is 0 Å². The zero-order valence-electron chi connectivity index (χ0n) is 6.39. The van der Waals surface area contributed by atoms with Crippen molar-refractivity contribution in [1.29, 1.82) is 0 Å². The van der Waals surface area contributed by atoms with E-state index in [1.165, 1.54) is 5.57 Å². The number of nitrogens with one attached hydrogen (secondary N) is 1. The molecule has 2 nitrogen and oxygen atoms in total. The van der Waals surface area contributed by atoms with Gasteiger partial charge >= 0.3 is 0 Å². The van der Waals surface area contributed by atoms with E-state index in [-0.39, 0.29) is 0 Å². The molecule has 0 aliphatic carbocycles. The highest BCUT2D eigenvalue weighted by molar-refractivity contribution is 5.80. The molecule has 54 valence electrons. The highest BCUT2D eigenvalue weighted by Crippen LogP contribution is 2.08. The summed E-state index contributed by atoms with van der Waals surface area (Å²) in [5, 5.41) is 2.98. The lowest BCUT2D eigenvalue weighted by Crippen LogP contribution is -2.06. The summed E-state index contributed by atoms with van der Waals surface area (Å²) in [6, 6.07) is 0. The number of rotatable bonds is 1. The summed E-state index contributed by atoms with van der Waals surface area (Å²) in [5.74, 6) is 0.964. The molecule has 0 radical (unpaired) electrons. The molecule has 10 heavy (non-hydrogen) atoms. The highest BCUT2D eigenvalue weighted by Gasteiger charge is 1.97. The van der Waals surface area contributed by atoms with Gasteiger partial charge < -0.3 is 5.32 Å². The van der Waals surface area contributed by atoms with Crippen molar-refractivity contribution in [3.05, 3.63) is 23.5 Å². The highest BCUT2D eigenvalue weighted by atomic mass is 15.0. The van der Waals surface area contributed by atoms with Crippen LogP contribution in [-0.4, -0.2) is 13.3 Å². The largest absolute Gasteiger partial charge is 0.373 e. The number of hydrogen-bond donors (Lipinski definition) is 1. The van der Waals surface area contributed by atoms with Gasteiger partial charge in [0.1, 0.15) is 5.82 Å². The van der Waals surface area contributed by atoms with Crippen LogP contribution in [-0.2, 0) is 0 Å². The van der Waals surface area contributed by atoms with E-state index in [1.807, 2.05) is 20.2 Å². The molecule has 1 rings (SSSR count). The van der Waals surface area contributed by atoms with Gasteiger partial charge in [0.2, 0.25) is 0 Å². The molecule has 1 aliphatic heterocycles. The molecule has 1 aliphatic rings. The van der Waals surface area contributed by atoms with Gasteiger partial charge in [0.05, 0.1) is 0 Å². The van der Waals surface area contributed by atoms with Gasteiger partial charge in [-0.05, 0) is 25.0 Å². The standard InChI is InChI=1S/C8H12N2/c1-3-7-4-5-8(9-2)10-6-7/h3,5-6,9H,4H2,1-2H3/b7-3+. The van der Waals surface area contributed by atoms with Crippen molar-refractivity contribution in [2.45, 2.75) is 13.3 Å². The fraction of sp³-hybridized carbons (Fsp3) is 0.375. The molecular formula is C8H12N2. The Labute approximate surface area is 61.4 Å². The van der Waals surface area contributed by atoms with E-state index in [9.17, 15) is 0 Å². The maximum atomic E-state index is 4.16. The second kappa shape index (κ2) is 3.20. The summed E-state index contributed by atoms with van der Waals surface area (Å²) in [6.45, 7) is 2.03. The molecule has 0 atom stereocenters. The first-order valence-corrected chi connectivity index (χ1v) is 3.44. The normalized spacial score (nSPS) is 21.0. The summed E-state index contributed by atoms with van der Waals surface area (Å²) in [6.07, 6.45) is 7.05. The van der Waals surface area contributed by atoms with Gasteiger partial charge in [-0.1, -0.05) is 6.08 Å². The lowest BCUT2D eigenvalue weighted by atomic mass is 10.1.